The Kier molecular flexibility index (Phi) is 7.89. The van der Waals surface area contributed by atoms with Gasteiger partial charge in [0.1, 0.15) is 12.6 Å². The number of pyridine rings is 1. The Morgan fingerprint density at radius 2 is 1.70 bits per heavy atom. The van der Waals surface area contributed by atoms with Crippen molar-refractivity contribution in [2.75, 3.05) is 24.3 Å². The Morgan fingerprint density at radius 1 is 0.955 bits per heavy atom. The summed E-state index contributed by atoms with van der Waals surface area (Å²) in [7, 11) is -1.98. The fourth-order valence-electron chi connectivity index (χ4n) is 5.64. The quantitative estimate of drug-likeness (QED) is 0.276. The molecule has 1 aromatic heterocycles. The lowest BCUT2D eigenvalue weighted by Crippen LogP contribution is -2.35. The van der Waals surface area contributed by atoms with Gasteiger partial charge in [-0.15, -0.1) is 0 Å². The lowest BCUT2D eigenvalue weighted by Gasteiger charge is -2.27. The number of H-pyrrole nitrogens is 1. The molecule has 1 fully saturated rings. The maximum atomic E-state index is 14.2. The fourth-order valence-corrected chi connectivity index (χ4v) is 7.50. The highest BCUT2D eigenvalue weighted by atomic mass is 32.2. The molecule has 1 aliphatic carbocycles. The van der Waals surface area contributed by atoms with E-state index in [0.29, 0.717) is 40.7 Å². The number of hydrogen-bond donors (Lipinski definition) is 3. The number of likely N-dealkylation sites (N-methyl/N-ethyl adjacent to an activating group) is 1. The molecule has 0 radical (unpaired) electrons. The van der Waals surface area contributed by atoms with E-state index in [9.17, 15) is 22.8 Å². The summed E-state index contributed by atoms with van der Waals surface area (Å²) in [4.78, 5) is 43.7. The van der Waals surface area contributed by atoms with Gasteiger partial charge in [0.25, 0.3) is 5.56 Å². The van der Waals surface area contributed by atoms with Crippen LogP contribution in [0.4, 0.5) is 16.2 Å². The van der Waals surface area contributed by atoms with Gasteiger partial charge >= 0.3 is 6.09 Å². The molecule has 0 unspecified atom stereocenters. The number of sulfone groups is 1. The summed E-state index contributed by atoms with van der Waals surface area (Å²) < 4.78 is 32.3. The molecule has 10 nitrogen and oxygen atoms in total. The number of benzene rings is 3. The van der Waals surface area contributed by atoms with Crippen molar-refractivity contribution in [3.63, 3.8) is 0 Å². The first kappa shape index (κ1) is 29.4. The van der Waals surface area contributed by atoms with Gasteiger partial charge in [0.2, 0.25) is 5.91 Å². The van der Waals surface area contributed by atoms with E-state index in [-0.39, 0.29) is 35.4 Å². The SMILES string of the molecule is CC[C@H]1COC(=O)Nc2ccc(S(=O)(=O)C3CC3)c(c2)CN(C)C(=O)[C@H](Nc2ccc3cc[nH]c(=O)c3c2)c2ccc1cc2. The van der Waals surface area contributed by atoms with Crippen LogP contribution in [0.1, 0.15) is 54.8 Å². The fraction of sp³-hybridized carbons (Fsp3) is 0.303. The third kappa shape index (κ3) is 5.92. The molecule has 2 atom stereocenters. The van der Waals surface area contributed by atoms with Crippen LogP contribution in [0, 0.1) is 0 Å². The Labute approximate surface area is 255 Å². The Hall–Kier alpha value is -4.64. The molecule has 228 valence electrons. The summed E-state index contributed by atoms with van der Waals surface area (Å²) in [6.07, 6.45) is 2.86. The first-order chi connectivity index (χ1) is 21.1. The minimum atomic E-state index is -3.60. The highest BCUT2D eigenvalue weighted by Crippen LogP contribution is 2.36. The molecule has 2 aliphatic heterocycles. The molecule has 4 aromatic rings. The van der Waals surface area contributed by atoms with Gasteiger partial charge in [-0.2, -0.15) is 0 Å². The van der Waals surface area contributed by atoms with E-state index < -0.39 is 27.2 Å². The van der Waals surface area contributed by atoms with Crippen LogP contribution in [-0.4, -0.2) is 49.2 Å². The number of rotatable bonds is 5. The number of hydrogen-bond acceptors (Lipinski definition) is 7. The van der Waals surface area contributed by atoms with Gasteiger partial charge < -0.3 is 19.9 Å². The van der Waals surface area contributed by atoms with Crippen LogP contribution in [0.3, 0.4) is 0 Å². The van der Waals surface area contributed by atoms with E-state index >= 15 is 0 Å². The lowest BCUT2D eigenvalue weighted by atomic mass is 9.94. The highest BCUT2D eigenvalue weighted by molar-refractivity contribution is 7.92. The second-order valence-corrected chi connectivity index (χ2v) is 13.6. The van der Waals surface area contributed by atoms with Crippen molar-refractivity contribution in [3.05, 3.63) is 100.0 Å². The minimum Gasteiger partial charge on any atom is -0.449 e. The molecule has 1 saturated carbocycles. The number of carbonyl (C=O) groups is 2. The second-order valence-electron chi connectivity index (χ2n) is 11.4. The minimum absolute atomic E-state index is 0.0176. The lowest BCUT2D eigenvalue weighted by molar-refractivity contribution is -0.131. The third-order valence-electron chi connectivity index (χ3n) is 8.34. The third-order valence-corrected chi connectivity index (χ3v) is 10.7. The zero-order valence-corrected chi connectivity index (χ0v) is 25.3. The van der Waals surface area contributed by atoms with Crippen LogP contribution in [0.2, 0.25) is 0 Å². The molecule has 3 heterocycles. The van der Waals surface area contributed by atoms with Gasteiger partial charge in [-0.25, -0.2) is 13.2 Å². The van der Waals surface area contributed by atoms with Gasteiger partial charge in [0, 0.05) is 42.5 Å². The molecule has 44 heavy (non-hydrogen) atoms. The van der Waals surface area contributed by atoms with Gasteiger partial charge in [0.15, 0.2) is 9.84 Å². The summed E-state index contributed by atoms with van der Waals surface area (Å²) in [5.74, 6) is -0.368. The van der Waals surface area contributed by atoms with Crippen molar-refractivity contribution in [1.29, 1.82) is 0 Å². The monoisotopic (exact) mass is 614 g/mol. The molecule has 4 bridgehead atoms. The zero-order chi connectivity index (χ0) is 31.0. The molecule has 7 rings (SSSR count). The molecular formula is C33H34N4O6S. The first-order valence-corrected chi connectivity index (χ1v) is 16.2. The summed E-state index contributed by atoms with van der Waals surface area (Å²) in [5, 5.41) is 6.85. The molecule has 3 aromatic carbocycles. The van der Waals surface area contributed by atoms with E-state index in [4.69, 9.17) is 4.74 Å². The standard InChI is InChI=1S/C33H34N4O6S/c1-3-20-19-43-33(40)36-25-10-13-29(44(41,42)27-11-12-27)24(16-25)18-37(2)32(39)30(23-6-4-21(20)5-7-23)35-26-9-8-22-14-15-34-31(38)28(22)17-26/h4-10,13-17,20,27,30,35H,3,11-12,18-19H2,1-2H3,(H,34,38)(H,36,40)/t20-,30+/m0/s1. The Balaban J connectivity index is 1.42. The van der Waals surface area contributed by atoms with Crippen LogP contribution in [0.5, 0.6) is 0 Å². The average Bonchev–Trinajstić information content (AvgIpc) is 3.87. The number of aromatic nitrogens is 1. The maximum Gasteiger partial charge on any atom is 0.411 e. The van der Waals surface area contributed by atoms with Crippen molar-refractivity contribution in [3.8, 4) is 0 Å². The summed E-state index contributed by atoms with van der Waals surface area (Å²) in [6, 6.07) is 18.5. The number of ether oxygens (including phenoxy) is 1. The predicted octanol–water partition coefficient (Wildman–Crippen LogP) is 5.33. The van der Waals surface area contributed by atoms with Crippen molar-refractivity contribution in [2.24, 2.45) is 0 Å². The summed E-state index contributed by atoms with van der Waals surface area (Å²) in [5.41, 5.74) is 2.77. The van der Waals surface area contributed by atoms with Gasteiger partial charge in [-0.05, 0) is 77.7 Å². The van der Waals surface area contributed by atoms with Crippen molar-refractivity contribution >= 4 is 44.0 Å². The molecular weight excluding hydrogens is 580 g/mol. The number of fused-ring (bicyclic) bond motifs is 10. The molecule has 0 saturated heterocycles. The number of nitrogens with one attached hydrogen (secondary N) is 3. The topological polar surface area (TPSA) is 138 Å². The molecule has 3 aliphatic rings. The van der Waals surface area contributed by atoms with Crippen LogP contribution < -0.4 is 16.2 Å². The van der Waals surface area contributed by atoms with E-state index in [0.717, 1.165) is 17.4 Å². The van der Waals surface area contributed by atoms with E-state index in [1.165, 1.54) is 11.0 Å². The van der Waals surface area contributed by atoms with Gasteiger partial charge in [0.05, 0.1) is 10.1 Å². The first-order valence-electron chi connectivity index (χ1n) is 14.7. The van der Waals surface area contributed by atoms with Crippen LogP contribution in [0.15, 0.2) is 82.6 Å². The number of anilines is 2. The largest absolute Gasteiger partial charge is 0.449 e. The van der Waals surface area contributed by atoms with Gasteiger partial charge in [-0.3, -0.25) is 14.9 Å². The van der Waals surface area contributed by atoms with E-state index in [2.05, 4.69) is 15.6 Å². The second kappa shape index (κ2) is 11.8. The zero-order valence-electron chi connectivity index (χ0n) is 24.5. The Bertz CT molecular complexity index is 1900. The predicted molar refractivity (Wildman–Crippen MR) is 169 cm³/mol. The van der Waals surface area contributed by atoms with Crippen LogP contribution in [-0.2, 0) is 25.9 Å². The van der Waals surface area contributed by atoms with Crippen LogP contribution in [0.25, 0.3) is 10.8 Å². The maximum absolute atomic E-state index is 14.2. The molecule has 3 N–H and O–H groups in total. The smallest absolute Gasteiger partial charge is 0.411 e. The van der Waals surface area contributed by atoms with Crippen molar-refractivity contribution in [1.82, 2.24) is 9.88 Å². The van der Waals surface area contributed by atoms with Crippen LogP contribution >= 0.6 is 0 Å². The summed E-state index contributed by atoms with van der Waals surface area (Å²) >= 11 is 0. The molecule has 11 heteroatoms. The summed E-state index contributed by atoms with van der Waals surface area (Å²) in [6.45, 7) is 2.14. The number of aromatic amines is 1. The van der Waals surface area contributed by atoms with Crippen molar-refractivity contribution in [2.45, 2.75) is 54.8 Å². The number of amides is 2. The highest BCUT2D eigenvalue weighted by Gasteiger charge is 2.38. The normalized spacial score (nSPS) is 19.5. The van der Waals surface area contributed by atoms with E-state index in [1.54, 1.807) is 31.4 Å². The number of carbonyl (C=O) groups excluding carboxylic acids is 2. The Morgan fingerprint density at radius 3 is 2.43 bits per heavy atom. The van der Waals surface area contributed by atoms with E-state index in [1.807, 2.05) is 49.4 Å². The molecule has 2 amide bonds. The molecule has 0 spiro atoms. The van der Waals surface area contributed by atoms with Crippen molar-refractivity contribution < 1.29 is 22.7 Å². The van der Waals surface area contributed by atoms with Gasteiger partial charge in [-0.1, -0.05) is 37.3 Å². The average molecular weight is 615 g/mol. The number of nitrogens with zero attached hydrogens (tertiary/aromatic N) is 1.